The first kappa shape index (κ1) is 15.8. The van der Waals surface area contributed by atoms with Crippen molar-refractivity contribution < 1.29 is 13.7 Å². The molecule has 0 unspecified atom stereocenters. The summed E-state index contributed by atoms with van der Waals surface area (Å²) in [6, 6.07) is 3.77. The van der Waals surface area contributed by atoms with Crippen molar-refractivity contribution in [3.05, 3.63) is 36.0 Å². The number of nitrogens with zero attached hydrogens (tertiary/aromatic N) is 3. The van der Waals surface area contributed by atoms with Crippen molar-refractivity contribution in [1.29, 1.82) is 0 Å². The lowest BCUT2D eigenvalue weighted by molar-refractivity contribution is 0.120. The maximum absolute atomic E-state index is 5.64. The monoisotopic (exact) mass is 340 g/mol. The van der Waals surface area contributed by atoms with Crippen LogP contribution in [0.4, 0.5) is 5.95 Å². The van der Waals surface area contributed by atoms with Crippen molar-refractivity contribution >= 4 is 5.95 Å². The van der Waals surface area contributed by atoms with Gasteiger partial charge in [0.2, 0.25) is 5.95 Å². The van der Waals surface area contributed by atoms with Crippen molar-refractivity contribution in [2.24, 2.45) is 0 Å². The molecule has 0 aromatic carbocycles. The Labute approximate surface area is 145 Å². The highest BCUT2D eigenvalue weighted by Gasteiger charge is 2.19. The molecule has 1 fully saturated rings. The number of hydrogen-bond acceptors (Lipinski definition) is 7. The van der Waals surface area contributed by atoms with Gasteiger partial charge in [-0.2, -0.15) is 0 Å². The third kappa shape index (κ3) is 3.28. The molecule has 1 aliphatic heterocycles. The Morgan fingerprint density at radius 1 is 1.28 bits per heavy atom. The molecule has 0 bridgehead atoms. The lowest BCUT2D eigenvalue weighted by Crippen LogP contribution is -2.19. The second-order valence-electron chi connectivity index (χ2n) is 6.19. The van der Waals surface area contributed by atoms with E-state index in [4.69, 9.17) is 18.7 Å². The van der Waals surface area contributed by atoms with E-state index >= 15 is 0 Å². The molecule has 1 N–H and O–H groups in total. The van der Waals surface area contributed by atoms with Gasteiger partial charge < -0.3 is 19.0 Å². The van der Waals surface area contributed by atoms with Crippen LogP contribution in [0.5, 0.6) is 0 Å². The van der Waals surface area contributed by atoms with E-state index in [1.807, 2.05) is 26.0 Å². The molecule has 130 valence electrons. The predicted molar refractivity (Wildman–Crippen MR) is 92.2 cm³/mol. The summed E-state index contributed by atoms with van der Waals surface area (Å²) >= 11 is 0. The van der Waals surface area contributed by atoms with E-state index in [0.717, 1.165) is 47.7 Å². The van der Waals surface area contributed by atoms with Crippen LogP contribution in [0.3, 0.4) is 0 Å². The summed E-state index contributed by atoms with van der Waals surface area (Å²) in [4.78, 5) is 9.13. The number of hydrogen-bond donors (Lipinski definition) is 1. The molecule has 3 aromatic rings. The van der Waals surface area contributed by atoms with Gasteiger partial charge in [-0.25, -0.2) is 9.97 Å². The summed E-state index contributed by atoms with van der Waals surface area (Å²) in [6.45, 7) is 5.32. The molecule has 25 heavy (non-hydrogen) atoms. The normalized spacial score (nSPS) is 17.1. The Morgan fingerprint density at radius 3 is 2.88 bits per heavy atom. The Bertz CT molecular complexity index is 865. The molecule has 1 aliphatic rings. The second-order valence-corrected chi connectivity index (χ2v) is 6.19. The molecule has 0 spiro atoms. The van der Waals surface area contributed by atoms with Crippen molar-refractivity contribution in [2.75, 3.05) is 18.5 Å². The fraction of sp³-hybridized carbons (Fsp3) is 0.389. The first-order chi connectivity index (χ1) is 12.2. The highest BCUT2D eigenvalue weighted by Crippen LogP contribution is 2.33. The van der Waals surface area contributed by atoms with E-state index in [0.29, 0.717) is 18.3 Å². The largest absolute Gasteiger partial charge is 0.469 e. The topological polar surface area (TPSA) is 86.2 Å². The Hall–Kier alpha value is -2.67. The highest BCUT2D eigenvalue weighted by atomic mass is 16.5. The number of nitrogens with one attached hydrogen (secondary N) is 1. The smallest absolute Gasteiger partial charge is 0.223 e. The lowest BCUT2D eigenvalue weighted by atomic mass is 10.1. The average Bonchev–Trinajstić information content (AvgIpc) is 3.35. The average molecular weight is 340 g/mol. The molecular formula is C18H20N4O3. The van der Waals surface area contributed by atoms with Crippen LogP contribution in [0, 0.1) is 13.8 Å². The quantitative estimate of drug-likeness (QED) is 0.759. The van der Waals surface area contributed by atoms with Crippen LogP contribution in [0.15, 0.2) is 33.5 Å². The first-order valence-electron chi connectivity index (χ1n) is 8.41. The standard InChI is InChI=1S/C18H20N4O3/c1-11-8-16(25-22-11)15-10-20-18(19-9-13-4-3-6-24-13)21-17(15)14-5-7-23-12(14)2/h5,7-8,10,13H,3-4,6,9H2,1-2H3,(H,19,20,21)/t13-/m1/s1. The molecule has 0 saturated carbocycles. The van der Waals surface area contributed by atoms with E-state index in [-0.39, 0.29) is 6.10 Å². The van der Waals surface area contributed by atoms with Gasteiger partial charge in [-0.15, -0.1) is 0 Å². The van der Waals surface area contributed by atoms with Crippen molar-refractivity contribution in [3.63, 3.8) is 0 Å². The summed E-state index contributed by atoms with van der Waals surface area (Å²) < 4.78 is 16.5. The number of aromatic nitrogens is 3. The van der Waals surface area contributed by atoms with Gasteiger partial charge in [0.1, 0.15) is 5.76 Å². The summed E-state index contributed by atoms with van der Waals surface area (Å²) in [5.74, 6) is 1.99. The zero-order valence-electron chi connectivity index (χ0n) is 14.3. The van der Waals surface area contributed by atoms with Crippen LogP contribution in [-0.4, -0.2) is 34.4 Å². The van der Waals surface area contributed by atoms with Crippen LogP contribution in [0.1, 0.15) is 24.3 Å². The van der Waals surface area contributed by atoms with Gasteiger partial charge in [0, 0.05) is 31.0 Å². The van der Waals surface area contributed by atoms with Crippen LogP contribution in [-0.2, 0) is 4.74 Å². The van der Waals surface area contributed by atoms with Gasteiger partial charge in [0.15, 0.2) is 5.76 Å². The van der Waals surface area contributed by atoms with Crippen LogP contribution >= 0.6 is 0 Å². The number of aryl methyl sites for hydroxylation is 2. The van der Waals surface area contributed by atoms with Gasteiger partial charge in [0.05, 0.1) is 29.3 Å². The molecule has 0 radical (unpaired) electrons. The van der Waals surface area contributed by atoms with Crippen LogP contribution in [0.2, 0.25) is 0 Å². The van der Waals surface area contributed by atoms with Gasteiger partial charge in [-0.3, -0.25) is 0 Å². The molecule has 0 amide bonds. The Balaban J connectivity index is 1.68. The zero-order chi connectivity index (χ0) is 17.2. The fourth-order valence-electron chi connectivity index (χ4n) is 2.98. The van der Waals surface area contributed by atoms with Crippen LogP contribution in [0.25, 0.3) is 22.6 Å². The molecule has 3 aromatic heterocycles. The molecule has 1 saturated heterocycles. The molecule has 4 heterocycles. The molecule has 0 aliphatic carbocycles. The third-order valence-corrected chi connectivity index (χ3v) is 4.31. The number of rotatable bonds is 5. The molecule has 4 rings (SSSR count). The van der Waals surface area contributed by atoms with E-state index < -0.39 is 0 Å². The summed E-state index contributed by atoms with van der Waals surface area (Å²) in [5.41, 5.74) is 3.26. The number of ether oxygens (including phenoxy) is 1. The van der Waals surface area contributed by atoms with E-state index in [9.17, 15) is 0 Å². The van der Waals surface area contributed by atoms with Crippen molar-refractivity contribution in [1.82, 2.24) is 15.1 Å². The van der Waals surface area contributed by atoms with Crippen molar-refractivity contribution in [3.8, 4) is 22.6 Å². The summed E-state index contributed by atoms with van der Waals surface area (Å²) in [5, 5.41) is 7.23. The fourth-order valence-corrected chi connectivity index (χ4v) is 2.98. The summed E-state index contributed by atoms with van der Waals surface area (Å²) in [7, 11) is 0. The zero-order valence-corrected chi connectivity index (χ0v) is 14.3. The Kier molecular flexibility index (Phi) is 4.23. The van der Waals surface area contributed by atoms with Gasteiger partial charge in [-0.05, 0) is 32.8 Å². The maximum atomic E-state index is 5.64. The van der Waals surface area contributed by atoms with Crippen molar-refractivity contribution in [2.45, 2.75) is 32.8 Å². The summed E-state index contributed by atoms with van der Waals surface area (Å²) in [6.07, 6.45) is 5.81. The number of anilines is 1. The lowest BCUT2D eigenvalue weighted by Gasteiger charge is -2.12. The maximum Gasteiger partial charge on any atom is 0.223 e. The highest BCUT2D eigenvalue weighted by molar-refractivity contribution is 5.79. The minimum absolute atomic E-state index is 0.222. The molecular weight excluding hydrogens is 320 g/mol. The van der Waals surface area contributed by atoms with E-state index in [2.05, 4.69) is 15.5 Å². The predicted octanol–water partition coefficient (Wildman–Crippen LogP) is 3.60. The second kappa shape index (κ2) is 6.68. The van der Waals surface area contributed by atoms with E-state index in [1.165, 1.54) is 0 Å². The van der Waals surface area contributed by atoms with Crippen LogP contribution < -0.4 is 5.32 Å². The first-order valence-corrected chi connectivity index (χ1v) is 8.41. The minimum atomic E-state index is 0.222. The SMILES string of the molecule is Cc1cc(-c2cnc(NC[C@H]3CCCO3)nc2-c2ccoc2C)on1. The molecule has 1 atom stereocenters. The third-order valence-electron chi connectivity index (χ3n) is 4.31. The Morgan fingerprint density at radius 2 is 2.20 bits per heavy atom. The number of furan rings is 1. The van der Waals surface area contributed by atoms with E-state index in [1.54, 1.807) is 12.5 Å². The molecule has 7 heteroatoms. The minimum Gasteiger partial charge on any atom is -0.469 e. The van der Waals surface area contributed by atoms with Gasteiger partial charge in [-0.1, -0.05) is 5.16 Å². The molecule has 7 nitrogen and oxygen atoms in total. The van der Waals surface area contributed by atoms with Gasteiger partial charge >= 0.3 is 0 Å². The van der Waals surface area contributed by atoms with Gasteiger partial charge in [0.25, 0.3) is 0 Å².